The van der Waals surface area contributed by atoms with Crippen LogP contribution in [0.5, 0.6) is 11.5 Å². The number of hydrogen-bond acceptors (Lipinski definition) is 6. The van der Waals surface area contributed by atoms with Crippen LogP contribution in [-0.2, 0) is 19.6 Å². The van der Waals surface area contributed by atoms with Crippen LogP contribution in [0.4, 0.5) is 0 Å². The van der Waals surface area contributed by atoms with E-state index in [1.807, 2.05) is 25.1 Å². The molecule has 0 aliphatic carbocycles. The van der Waals surface area contributed by atoms with Crippen LogP contribution in [-0.4, -0.2) is 16.8 Å². The van der Waals surface area contributed by atoms with Crippen molar-refractivity contribution in [3.05, 3.63) is 35.5 Å². The molecule has 6 heteroatoms. The third kappa shape index (κ3) is 4.19. The molecule has 1 heterocycles. The van der Waals surface area contributed by atoms with Gasteiger partial charge in [0.05, 0.1) is 6.61 Å². The largest absolute Gasteiger partial charge is 0.493 e. The zero-order valence-corrected chi connectivity index (χ0v) is 12.5. The van der Waals surface area contributed by atoms with Crippen molar-refractivity contribution in [2.75, 3.05) is 6.61 Å². The average molecular weight is 291 g/mol. The lowest BCUT2D eigenvalue weighted by Crippen LogP contribution is -2.04. The average Bonchev–Trinajstić information content (AvgIpc) is 2.99. The minimum absolute atomic E-state index is 0.219. The minimum Gasteiger partial charge on any atom is -0.493 e. The molecule has 2 N–H and O–H groups in total. The quantitative estimate of drug-likeness (QED) is 0.804. The number of aromatic nitrogens is 2. The lowest BCUT2D eigenvalue weighted by Gasteiger charge is -2.11. The summed E-state index contributed by atoms with van der Waals surface area (Å²) in [5.41, 5.74) is 6.63. The van der Waals surface area contributed by atoms with Crippen molar-refractivity contribution in [1.29, 1.82) is 0 Å². The second-order valence-electron chi connectivity index (χ2n) is 4.55. The topological polar surface area (TPSA) is 83.4 Å². The van der Waals surface area contributed by atoms with Crippen molar-refractivity contribution in [1.82, 2.24) is 10.2 Å². The van der Waals surface area contributed by atoms with Gasteiger partial charge < -0.3 is 19.6 Å². The molecule has 6 nitrogen and oxygen atoms in total. The summed E-state index contributed by atoms with van der Waals surface area (Å²) in [4.78, 5) is 0. The van der Waals surface area contributed by atoms with Crippen LogP contribution in [0.15, 0.2) is 22.6 Å². The zero-order valence-electron chi connectivity index (χ0n) is 12.5. The van der Waals surface area contributed by atoms with Crippen molar-refractivity contribution in [3.63, 3.8) is 0 Å². The van der Waals surface area contributed by atoms with Gasteiger partial charge in [-0.3, -0.25) is 0 Å². The maximum Gasteiger partial charge on any atom is 0.253 e. The summed E-state index contributed by atoms with van der Waals surface area (Å²) in [6.45, 7) is 5.31. The first kappa shape index (κ1) is 15.3. The van der Waals surface area contributed by atoms with Crippen LogP contribution in [0.25, 0.3) is 0 Å². The summed E-state index contributed by atoms with van der Waals surface area (Å²) < 4.78 is 16.7. The van der Waals surface area contributed by atoms with Gasteiger partial charge in [0.15, 0.2) is 6.61 Å². The highest BCUT2D eigenvalue weighted by Crippen LogP contribution is 2.25. The molecule has 2 aromatic rings. The lowest BCUT2D eigenvalue weighted by atomic mass is 10.2. The molecule has 1 aromatic heterocycles. The maximum atomic E-state index is 5.74. The standard InChI is InChI=1S/C15H21N3O3/c1-3-7-19-12-6-5-11(9-16)13(8-12)20-10-15-18-17-14(4-2)21-15/h5-6,8H,3-4,7,9-10,16H2,1-2H3. The van der Waals surface area contributed by atoms with Crippen LogP contribution in [0, 0.1) is 0 Å². The van der Waals surface area contributed by atoms with Crippen LogP contribution in [0.3, 0.4) is 0 Å². The fourth-order valence-electron chi connectivity index (χ4n) is 1.78. The van der Waals surface area contributed by atoms with Crippen LogP contribution >= 0.6 is 0 Å². The Kier molecular flexibility index (Phi) is 5.57. The normalized spacial score (nSPS) is 10.6. The first-order valence-electron chi connectivity index (χ1n) is 7.16. The predicted molar refractivity (Wildman–Crippen MR) is 78.1 cm³/mol. The van der Waals surface area contributed by atoms with E-state index < -0.39 is 0 Å². The number of hydrogen-bond donors (Lipinski definition) is 1. The number of benzene rings is 1. The summed E-state index contributed by atoms with van der Waals surface area (Å²) in [5.74, 6) is 2.51. The van der Waals surface area contributed by atoms with Gasteiger partial charge in [-0.25, -0.2) is 0 Å². The van der Waals surface area contributed by atoms with Crippen LogP contribution < -0.4 is 15.2 Å². The summed E-state index contributed by atoms with van der Waals surface area (Å²) in [7, 11) is 0. The van der Waals surface area contributed by atoms with Gasteiger partial charge in [-0.05, 0) is 12.5 Å². The van der Waals surface area contributed by atoms with E-state index in [0.717, 1.165) is 17.7 Å². The second-order valence-corrected chi connectivity index (χ2v) is 4.55. The minimum atomic E-state index is 0.219. The molecule has 0 bridgehead atoms. The Morgan fingerprint density at radius 3 is 2.62 bits per heavy atom. The summed E-state index contributed by atoms with van der Waals surface area (Å²) in [6, 6.07) is 5.65. The number of nitrogens with zero attached hydrogens (tertiary/aromatic N) is 2. The molecular weight excluding hydrogens is 270 g/mol. The lowest BCUT2D eigenvalue weighted by molar-refractivity contribution is 0.254. The molecule has 21 heavy (non-hydrogen) atoms. The third-order valence-corrected chi connectivity index (χ3v) is 2.89. The van der Waals surface area contributed by atoms with Crippen molar-refractivity contribution in [3.8, 4) is 11.5 Å². The van der Waals surface area contributed by atoms with Gasteiger partial charge in [0.25, 0.3) is 5.89 Å². The molecular formula is C15H21N3O3. The first-order valence-corrected chi connectivity index (χ1v) is 7.16. The van der Waals surface area contributed by atoms with E-state index in [-0.39, 0.29) is 6.61 Å². The van der Waals surface area contributed by atoms with Crippen molar-refractivity contribution in [2.24, 2.45) is 5.73 Å². The smallest absolute Gasteiger partial charge is 0.253 e. The molecule has 0 saturated carbocycles. The fraction of sp³-hybridized carbons (Fsp3) is 0.467. The van der Waals surface area contributed by atoms with Gasteiger partial charge in [-0.15, -0.1) is 10.2 Å². The highest BCUT2D eigenvalue weighted by Gasteiger charge is 2.09. The predicted octanol–water partition coefficient (Wildman–Crippen LogP) is 2.46. The summed E-state index contributed by atoms with van der Waals surface area (Å²) in [6.07, 6.45) is 1.66. The molecule has 0 spiro atoms. The van der Waals surface area contributed by atoms with Crippen LogP contribution in [0.2, 0.25) is 0 Å². The Hall–Kier alpha value is -2.08. The second kappa shape index (κ2) is 7.64. The fourth-order valence-corrected chi connectivity index (χ4v) is 1.78. The van der Waals surface area contributed by atoms with Gasteiger partial charge in [0, 0.05) is 24.6 Å². The molecule has 0 fully saturated rings. The van der Waals surface area contributed by atoms with Gasteiger partial charge >= 0.3 is 0 Å². The number of aryl methyl sites for hydroxylation is 1. The van der Waals surface area contributed by atoms with E-state index in [1.165, 1.54) is 0 Å². The summed E-state index contributed by atoms with van der Waals surface area (Å²) in [5, 5.41) is 7.83. The van der Waals surface area contributed by atoms with E-state index in [1.54, 1.807) is 0 Å². The number of ether oxygens (including phenoxy) is 2. The molecule has 0 radical (unpaired) electrons. The van der Waals surface area contributed by atoms with Crippen molar-refractivity contribution >= 4 is 0 Å². The maximum absolute atomic E-state index is 5.74. The molecule has 0 amide bonds. The van der Waals surface area contributed by atoms with E-state index in [2.05, 4.69) is 17.1 Å². The van der Waals surface area contributed by atoms with E-state index in [0.29, 0.717) is 37.1 Å². The van der Waals surface area contributed by atoms with E-state index in [4.69, 9.17) is 19.6 Å². The highest BCUT2D eigenvalue weighted by atomic mass is 16.5. The van der Waals surface area contributed by atoms with E-state index in [9.17, 15) is 0 Å². The number of rotatable bonds is 8. The Morgan fingerprint density at radius 2 is 1.95 bits per heavy atom. The molecule has 0 atom stereocenters. The molecule has 0 unspecified atom stereocenters. The highest BCUT2D eigenvalue weighted by molar-refractivity contribution is 5.40. The van der Waals surface area contributed by atoms with E-state index >= 15 is 0 Å². The Labute approximate surface area is 124 Å². The molecule has 0 saturated heterocycles. The Morgan fingerprint density at radius 1 is 1.14 bits per heavy atom. The monoisotopic (exact) mass is 291 g/mol. The SMILES string of the molecule is CCCOc1ccc(CN)c(OCc2nnc(CC)o2)c1. The third-order valence-electron chi connectivity index (χ3n) is 2.89. The molecule has 0 aliphatic rings. The van der Waals surface area contributed by atoms with Crippen molar-refractivity contribution < 1.29 is 13.9 Å². The summed E-state index contributed by atoms with van der Waals surface area (Å²) >= 11 is 0. The van der Waals surface area contributed by atoms with Gasteiger partial charge in [0.2, 0.25) is 5.89 Å². The first-order chi connectivity index (χ1) is 10.3. The number of nitrogens with two attached hydrogens (primary N) is 1. The Bertz CT molecular complexity index is 569. The zero-order chi connectivity index (χ0) is 15.1. The molecule has 1 aromatic carbocycles. The molecule has 2 rings (SSSR count). The molecule has 114 valence electrons. The van der Waals surface area contributed by atoms with Gasteiger partial charge in [-0.1, -0.05) is 19.9 Å². The van der Waals surface area contributed by atoms with Gasteiger partial charge in [0.1, 0.15) is 11.5 Å². The van der Waals surface area contributed by atoms with Gasteiger partial charge in [-0.2, -0.15) is 0 Å². The van der Waals surface area contributed by atoms with Crippen LogP contribution in [0.1, 0.15) is 37.6 Å². The Balaban J connectivity index is 2.05. The molecule has 0 aliphatic heterocycles. The van der Waals surface area contributed by atoms with Crippen molar-refractivity contribution in [2.45, 2.75) is 39.8 Å².